The third kappa shape index (κ3) is 6.78. The molecule has 0 spiro atoms. The van der Waals surface area contributed by atoms with Crippen molar-refractivity contribution in [3.05, 3.63) is 24.0 Å². The normalized spacial score (nSPS) is 16.7. The second-order valence-electron chi connectivity index (χ2n) is 9.93. The van der Waals surface area contributed by atoms with Crippen molar-refractivity contribution in [3.63, 3.8) is 0 Å². The van der Waals surface area contributed by atoms with Gasteiger partial charge in [-0.25, -0.2) is 4.79 Å². The van der Waals surface area contributed by atoms with Gasteiger partial charge in [-0.3, -0.25) is 9.59 Å². The molecule has 1 aromatic rings. The Kier molecular flexibility index (Phi) is 7.21. The molecule has 1 aromatic heterocycles. The fourth-order valence-electron chi connectivity index (χ4n) is 3.37. The molecule has 1 aliphatic rings. The Morgan fingerprint density at radius 3 is 2.23 bits per heavy atom. The molecule has 0 saturated carbocycles. The van der Waals surface area contributed by atoms with E-state index in [1.165, 1.54) is 0 Å². The Balaban J connectivity index is 1.96. The molecule has 1 unspecified atom stereocenters. The molecule has 0 radical (unpaired) electrons. The average molecular weight is 421 g/mol. The van der Waals surface area contributed by atoms with Crippen molar-refractivity contribution in [1.82, 2.24) is 20.1 Å². The van der Waals surface area contributed by atoms with Crippen molar-refractivity contribution in [2.45, 2.75) is 84.5 Å². The Morgan fingerprint density at radius 1 is 1.10 bits per heavy atom. The molecule has 1 atom stereocenters. The molecule has 1 aliphatic heterocycles. The monoisotopic (exact) mass is 420 g/mol. The third-order valence-corrected chi connectivity index (χ3v) is 4.76. The van der Waals surface area contributed by atoms with Gasteiger partial charge in [-0.1, -0.05) is 0 Å². The lowest BCUT2D eigenvalue weighted by atomic mass is 10.0. The topological polar surface area (TPSA) is 92.7 Å². The maximum absolute atomic E-state index is 12.8. The summed E-state index contributed by atoms with van der Waals surface area (Å²) in [6.45, 7) is 14.1. The van der Waals surface area contributed by atoms with E-state index in [2.05, 4.69) is 10.6 Å². The first-order valence-corrected chi connectivity index (χ1v) is 10.5. The zero-order valence-electron chi connectivity index (χ0n) is 19.2. The van der Waals surface area contributed by atoms with Gasteiger partial charge in [-0.15, -0.1) is 0 Å². The quantitative estimate of drug-likeness (QED) is 0.783. The molecule has 30 heavy (non-hydrogen) atoms. The lowest BCUT2D eigenvalue weighted by molar-refractivity contribution is -0.124. The molecule has 2 heterocycles. The van der Waals surface area contributed by atoms with Crippen LogP contribution in [0, 0.1) is 0 Å². The molecule has 0 bridgehead atoms. The molecule has 8 heteroatoms. The lowest BCUT2D eigenvalue weighted by Gasteiger charge is -2.34. The van der Waals surface area contributed by atoms with Crippen molar-refractivity contribution in [2.75, 3.05) is 13.1 Å². The molecule has 3 amide bonds. The van der Waals surface area contributed by atoms with Crippen LogP contribution < -0.4 is 10.6 Å². The highest BCUT2D eigenvalue weighted by Crippen LogP contribution is 2.25. The zero-order chi connectivity index (χ0) is 22.7. The highest BCUT2D eigenvalue weighted by molar-refractivity contribution is 5.96. The first kappa shape index (κ1) is 23.8. The van der Waals surface area contributed by atoms with E-state index < -0.39 is 11.6 Å². The number of rotatable bonds is 4. The summed E-state index contributed by atoms with van der Waals surface area (Å²) in [5, 5.41) is 5.65. The highest BCUT2D eigenvalue weighted by Gasteiger charge is 2.29. The van der Waals surface area contributed by atoms with E-state index in [1.807, 2.05) is 58.4 Å². The number of piperidine rings is 1. The first-order chi connectivity index (χ1) is 13.8. The minimum Gasteiger partial charge on any atom is -0.444 e. The molecule has 2 N–H and O–H groups in total. The molecular formula is C22H36N4O4. The fraction of sp³-hybridized carbons (Fsp3) is 0.682. The summed E-state index contributed by atoms with van der Waals surface area (Å²) in [4.78, 5) is 39.0. The maximum Gasteiger partial charge on any atom is 0.410 e. The van der Waals surface area contributed by atoms with Gasteiger partial charge in [0.25, 0.3) is 5.91 Å². The minimum absolute atomic E-state index is 0.109. The standard InChI is InChI=1S/C22H36N4O4/c1-15(18(27)24-21(2,3)4)23-19(28)17-9-8-12-26(17)16-10-13-25(14-11-16)20(29)30-22(5,6)7/h8-9,12,15-16H,10-11,13-14H2,1-7H3,(H,23,28)(H,24,27). The summed E-state index contributed by atoms with van der Waals surface area (Å²) >= 11 is 0. The number of likely N-dealkylation sites (tertiary alicyclic amines) is 1. The van der Waals surface area contributed by atoms with Crippen LogP contribution in [0.25, 0.3) is 0 Å². The van der Waals surface area contributed by atoms with Crippen LogP contribution >= 0.6 is 0 Å². The smallest absolute Gasteiger partial charge is 0.410 e. The SMILES string of the molecule is CC(NC(=O)c1cccn1C1CCN(C(=O)OC(C)(C)C)CC1)C(=O)NC(C)(C)C. The van der Waals surface area contributed by atoms with Gasteiger partial charge in [-0.05, 0) is 73.4 Å². The van der Waals surface area contributed by atoms with Crippen molar-refractivity contribution in [2.24, 2.45) is 0 Å². The minimum atomic E-state index is -0.644. The van der Waals surface area contributed by atoms with Crippen LogP contribution in [0.15, 0.2) is 18.3 Å². The summed E-state index contributed by atoms with van der Waals surface area (Å²) in [5.74, 6) is -0.509. The fourth-order valence-corrected chi connectivity index (χ4v) is 3.37. The van der Waals surface area contributed by atoms with E-state index >= 15 is 0 Å². The second kappa shape index (κ2) is 9.10. The van der Waals surface area contributed by atoms with E-state index in [9.17, 15) is 14.4 Å². The van der Waals surface area contributed by atoms with Crippen LogP contribution in [-0.4, -0.2) is 57.6 Å². The molecule has 8 nitrogen and oxygen atoms in total. The Hall–Kier alpha value is -2.51. The number of hydrogen-bond acceptors (Lipinski definition) is 4. The number of carbonyl (C=O) groups is 3. The number of carbonyl (C=O) groups excluding carboxylic acids is 3. The van der Waals surface area contributed by atoms with E-state index in [0.29, 0.717) is 18.8 Å². The van der Waals surface area contributed by atoms with E-state index in [0.717, 1.165) is 12.8 Å². The van der Waals surface area contributed by atoms with Gasteiger partial charge in [0, 0.05) is 30.9 Å². The molecule has 1 fully saturated rings. The van der Waals surface area contributed by atoms with Crippen molar-refractivity contribution in [1.29, 1.82) is 0 Å². The van der Waals surface area contributed by atoms with E-state index in [-0.39, 0.29) is 29.5 Å². The summed E-state index contributed by atoms with van der Waals surface area (Å²) in [7, 11) is 0. The average Bonchev–Trinajstić information content (AvgIpc) is 3.08. The molecule has 0 aliphatic carbocycles. The Bertz CT molecular complexity index is 765. The maximum atomic E-state index is 12.8. The van der Waals surface area contributed by atoms with Crippen LogP contribution in [-0.2, 0) is 9.53 Å². The summed E-state index contributed by atoms with van der Waals surface area (Å²) in [6.07, 6.45) is 3.04. The van der Waals surface area contributed by atoms with Gasteiger partial charge < -0.3 is 24.8 Å². The summed E-state index contributed by atoms with van der Waals surface area (Å²) < 4.78 is 7.38. The molecule has 0 aromatic carbocycles. The molecule has 2 rings (SSSR count). The Labute approximate surface area is 179 Å². The number of hydrogen-bond donors (Lipinski definition) is 2. The van der Waals surface area contributed by atoms with Gasteiger partial charge >= 0.3 is 6.09 Å². The number of aromatic nitrogens is 1. The molecule has 168 valence electrons. The van der Waals surface area contributed by atoms with Crippen LogP contribution in [0.1, 0.15) is 77.8 Å². The van der Waals surface area contributed by atoms with Crippen molar-refractivity contribution < 1.29 is 19.1 Å². The third-order valence-electron chi connectivity index (χ3n) is 4.76. The predicted molar refractivity (Wildman–Crippen MR) is 115 cm³/mol. The van der Waals surface area contributed by atoms with Gasteiger partial charge in [0.2, 0.25) is 5.91 Å². The zero-order valence-corrected chi connectivity index (χ0v) is 19.2. The lowest BCUT2D eigenvalue weighted by Crippen LogP contribution is -2.51. The number of nitrogens with one attached hydrogen (secondary N) is 2. The van der Waals surface area contributed by atoms with Crippen LogP contribution in [0.4, 0.5) is 4.79 Å². The van der Waals surface area contributed by atoms with Crippen LogP contribution in [0.2, 0.25) is 0 Å². The van der Waals surface area contributed by atoms with Crippen LogP contribution in [0.3, 0.4) is 0 Å². The van der Waals surface area contributed by atoms with Gasteiger partial charge in [0.05, 0.1) is 0 Å². The highest BCUT2D eigenvalue weighted by atomic mass is 16.6. The van der Waals surface area contributed by atoms with Gasteiger partial charge in [0.15, 0.2) is 0 Å². The predicted octanol–water partition coefficient (Wildman–Crippen LogP) is 3.09. The van der Waals surface area contributed by atoms with Gasteiger partial charge in [0.1, 0.15) is 17.3 Å². The first-order valence-electron chi connectivity index (χ1n) is 10.5. The number of ether oxygens (including phenoxy) is 1. The van der Waals surface area contributed by atoms with Crippen molar-refractivity contribution >= 4 is 17.9 Å². The largest absolute Gasteiger partial charge is 0.444 e. The second-order valence-corrected chi connectivity index (χ2v) is 9.93. The van der Waals surface area contributed by atoms with E-state index in [1.54, 1.807) is 17.9 Å². The summed E-state index contributed by atoms with van der Waals surface area (Å²) in [5.41, 5.74) is -0.366. The molecule has 1 saturated heterocycles. The number of nitrogens with zero attached hydrogens (tertiary/aromatic N) is 2. The van der Waals surface area contributed by atoms with Crippen molar-refractivity contribution in [3.8, 4) is 0 Å². The summed E-state index contributed by atoms with van der Waals surface area (Å²) in [6, 6.07) is 3.05. The van der Waals surface area contributed by atoms with Gasteiger partial charge in [-0.2, -0.15) is 0 Å². The number of amides is 3. The van der Waals surface area contributed by atoms with E-state index in [4.69, 9.17) is 4.74 Å². The molecular weight excluding hydrogens is 384 g/mol. The van der Waals surface area contributed by atoms with Crippen LogP contribution in [0.5, 0.6) is 0 Å². The Morgan fingerprint density at radius 2 is 1.70 bits per heavy atom.